The zero-order valence-electron chi connectivity index (χ0n) is 9.65. The lowest BCUT2D eigenvalue weighted by atomic mass is 10.2. The monoisotopic (exact) mass is 250 g/mol. The van der Waals surface area contributed by atoms with E-state index in [-0.39, 0.29) is 0 Å². The van der Waals surface area contributed by atoms with E-state index < -0.39 is 0 Å². The van der Waals surface area contributed by atoms with E-state index in [1.807, 2.05) is 37.7 Å². The van der Waals surface area contributed by atoms with Gasteiger partial charge in [0.2, 0.25) is 0 Å². The number of hydrogen-bond donors (Lipinski definition) is 0. The number of pyridine rings is 1. The van der Waals surface area contributed by atoms with Crippen molar-refractivity contribution in [3.63, 3.8) is 0 Å². The molecule has 0 fully saturated rings. The minimum Gasteiger partial charge on any atom is -0.758 e. The first-order valence-electron chi connectivity index (χ1n) is 5.02. The highest BCUT2D eigenvalue weighted by atomic mass is 32.2. The minimum absolute atomic E-state index is 0.536. The molecule has 0 aromatic carbocycles. The molecule has 0 saturated heterocycles. The number of thiocarbonyl (C=S) groups is 1. The van der Waals surface area contributed by atoms with Crippen LogP contribution in [0.3, 0.4) is 0 Å². The second-order valence-electron chi connectivity index (χ2n) is 3.48. The summed E-state index contributed by atoms with van der Waals surface area (Å²) >= 11 is 6.75. The third kappa shape index (κ3) is 3.27. The minimum atomic E-state index is 0.536. The largest absolute Gasteiger partial charge is 0.758 e. The second kappa shape index (κ2) is 5.94. The predicted octanol–water partition coefficient (Wildman–Crippen LogP) is 2.75. The van der Waals surface area contributed by atoms with Gasteiger partial charge < -0.3 is 5.41 Å². The number of hydrogen-bond acceptors (Lipinski definition) is 2. The van der Waals surface area contributed by atoms with Crippen molar-refractivity contribution in [2.45, 2.75) is 20.8 Å². The molecule has 0 atom stereocenters. The zero-order valence-corrected chi connectivity index (χ0v) is 11.3. The van der Waals surface area contributed by atoms with E-state index in [9.17, 15) is 0 Å². The Balaban J connectivity index is 3.15. The first-order chi connectivity index (χ1) is 7.58. The molecule has 4 heteroatoms. The fourth-order valence-electron chi connectivity index (χ4n) is 1.45. The standard InChI is InChI=1S/C12H14N2S2/c1-4-16-12(15)11(6-13)14-7-9(2)5-10(3)8-14/h5,7-8H,4H2,1-3H3. The van der Waals surface area contributed by atoms with E-state index in [0.29, 0.717) is 9.89 Å². The van der Waals surface area contributed by atoms with E-state index in [0.717, 1.165) is 16.9 Å². The Hall–Kier alpha value is -0.960. The van der Waals surface area contributed by atoms with Crippen molar-refractivity contribution in [2.75, 3.05) is 5.75 Å². The van der Waals surface area contributed by atoms with E-state index in [2.05, 4.69) is 11.9 Å². The Morgan fingerprint density at radius 3 is 2.44 bits per heavy atom. The summed E-state index contributed by atoms with van der Waals surface area (Å²) in [4.78, 5) is 0. The van der Waals surface area contributed by atoms with E-state index >= 15 is 0 Å². The predicted molar refractivity (Wildman–Crippen MR) is 74.9 cm³/mol. The third-order valence-corrected chi connectivity index (χ3v) is 3.26. The molecule has 0 aliphatic carbocycles. The molecule has 0 amide bonds. The van der Waals surface area contributed by atoms with Gasteiger partial charge in [-0.05, 0) is 25.7 Å². The first-order valence-corrected chi connectivity index (χ1v) is 6.42. The van der Waals surface area contributed by atoms with Crippen molar-refractivity contribution in [3.05, 3.63) is 35.0 Å². The Labute approximate surface area is 106 Å². The molecule has 0 saturated carbocycles. The second-order valence-corrected chi connectivity index (χ2v) is 5.42. The van der Waals surface area contributed by atoms with Gasteiger partial charge in [-0.15, -0.1) is 11.8 Å². The number of nitrogens with zero attached hydrogens (tertiary/aromatic N) is 2. The van der Waals surface area contributed by atoms with Gasteiger partial charge in [0.15, 0.2) is 12.4 Å². The molecule has 1 aromatic rings. The van der Waals surface area contributed by atoms with Crippen LogP contribution in [0.2, 0.25) is 0 Å². The van der Waals surface area contributed by atoms with E-state index in [1.54, 1.807) is 0 Å². The highest BCUT2D eigenvalue weighted by Gasteiger charge is 2.14. The average Bonchev–Trinajstić information content (AvgIpc) is 2.17. The molecule has 16 heavy (non-hydrogen) atoms. The van der Waals surface area contributed by atoms with Gasteiger partial charge in [-0.2, -0.15) is 10.4 Å². The Morgan fingerprint density at radius 1 is 1.44 bits per heavy atom. The van der Waals surface area contributed by atoms with Crippen LogP contribution in [0, 0.1) is 13.8 Å². The fourth-order valence-corrected chi connectivity index (χ4v) is 2.50. The smallest absolute Gasteiger partial charge is 0.255 e. The number of aryl methyl sites for hydroxylation is 2. The van der Waals surface area contributed by atoms with Gasteiger partial charge in [0.1, 0.15) is 4.20 Å². The molecule has 1 heterocycles. The van der Waals surface area contributed by atoms with E-state index in [1.165, 1.54) is 11.8 Å². The van der Waals surface area contributed by atoms with Crippen molar-refractivity contribution >= 4 is 39.7 Å². The van der Waals surface area contributed by atoms with Gasteiger partial charge >= 0.3 is 0 Å². The van der Waals surface area contributed by atoms with Crippen LogP contribution in [-0.2, 0) is 0 Å². The van der Waals surface area contributed by atoms with Gasteiger partial charge in [-0.3, -0.25) is 0 Å². The SMILES string of the molecule is CCSC(=S)C(=C=[N-])[n+]1cc(C)cc(C)c1. The molecule has 84 valence electrons. The molecule has 0 unspecified atom stereocenters. The number of rotatable bonds is 3. The van der Waals surface area contributed by atoms with Crippen LogP contribution in [-0.4, -0.2) is 15.8 Å². The Morgan fingerprint density at radius 2 is 2.00 bits per heavy atom. The molecular formula is C12H14N2S2. The maximum absolute atomic E-state index is 9.15. The van der Waals surface area contributed by atoms with Gasteiger partial charge in [-0.25, -0.2) is 0 Å². The van der Waals surface area contributed by atoms with Gasteiger partial charge in [-0.1, -0.05) is 19.1 Å². The van der Waals surface area contributed by atoms with Crippen LogP contribution in [0.4, 0.5) is 0 Å². The molecule has 0 aliphatic rings. The summed E-state index contributed by atoms with van der Waals surface area (Å²) in [6.07, 6.45) is 3.85. The van der Waals surface area contributed by atoms with Crippen molar-refractivity contribution in [2.24, 2.45) is 0 Å². The summed E-state index contributed by atoms with van der Waals surface area (Å²) < 4.78 is 2.47. The van der Waals surface area contributed by atoms with Crippen LogP contribution in [0.5, 0.6) is 0 Å². The van der Waals surface area contributed by atoms with Crippen LogP contribution < -0.4 is 4.57 Å². The van der Waals surface area contributed by atoms with E-state index in [4.69, 9.17) is 17.6 Å². The van der Waals surface area contributed by atoms with Crippen LogP contribution >= 0.6 is 24.0 Å². The molecule has 0 spiro atoms. The van der Waals surface area contributed by atoms with Crippen LogP contribution in [0.1, 0.15) is 18.1 Å². The summed E-state index contributed by atoms with van der Waals surface area (Å²) in [5, 5.41) is 9.15. The molecule has 1 aromatic heterocycles. The van der Waals surface area contributed by atoms with Crippen molar-refractivity contribution in [3.8, 4) is 0 Å². The molecule has 0 radical (unpaired) electrons. The fraction of sp³-hybridized carbons (Fsp3) is 0.333. The van der Waals surface area contributed by atoms with Gasteiger partial charge in [0.05, 0.1) is 0 Å². The highest BCUT2D eigenvalue weighted by molar-refractivity contribution is 8.24. The lowest BCUT2D eigenvalue weighted by Crippen LogP contribution is -2.35. The summed E-state index contributed by atoms with van der Waals surface area (Å²) in [6, 6.07) is 2.07. The van der Waals surface area contributed by atoms with Gasteiger partial charge in [0.25, 0.3) is 5.70 Å². The van der Waals surface area contributed by atoms with Crippen molar-refractivity contribution in [1.82, 2.24) is 0 Å². The van der Waals surface area contributed by atoms with Crippen molar-refractivity contribution < 1.29 is 4.57 Å². The molecule has 0 N–H and O–H groups in total. The highest BCUT2D eigenvalue weighted by Crippen LogP contribution is 2.11. The summed E-state index contributed by atoms with van der Waals surface area (Å²) in [5.74, 6) is 3.06. The summed E-state index contributed by atoms with van der Waals surface area (Å²) in [5.41, 5.74) is 2.78. The Kier molecular flexibility index (Phi) is 4.87. The zero-order chi connectivity index (χ0) is 12.1. The molecule has 0 aliphatic heterocycles. The molecule has 2 nitrogen and oxygen atoms in total. The molecular weight excluding hydrogens is 236 g/mol. The van der Waals surface area contributed by atoms with Crippen LogP contribution in [0.25, 0.3) is 11.1 Å². The maximum atomic E-state index is 9.15. The average molecular weight is 250 g/mol. The molecule has 0 bridgehead atoms. The third-order valence-electron chi connectivity index (χ3n) is 1.97. The first kappa shape index (κ1) is 13.1. The maximum Gasteiger partial charge on any atom is 0.255 e. The summed E-state index contributed by atoms with van der Waals surface area (Å²) in [6.45, 7) is 6.04. The Bertz CT molecular complexity index is 440. The van der Waals surface area contributed by atoms with Crippen molar-refractivity contribution in [1.29, 1.82) is 0 Å². The quantitative estimate of drug-likeness (QED) is 0.357. The van der Waals surface area contributed by atoms with Gasteiger partial charge in [0, 0.05) is 11.1 Å². The van der Waals surface area contributed by atoms with Crippen LogP contribution in [0.15, 0.2) is 18.5 Å². The normalized spacial score (nSPS) is 9.69. The number of thioether (sulfide) groups is 1. The summed E-state index contributed by atoms with van der Waals surface area (Å²) in [7, 11) is 0. The lowest BCUT2D eigenvalue weighted by Gasteiger charge is -2.03. The topological polar surface area (TPSA) is 26.2 Å². The molecule has 1 rings (SSSR count). The lowest BCUT2D eigenvalue weighted by molar-refractivity contribution is -0.574. The number of aromatic nitrogens is 1.